The van der Waals surface area contributed by atoms with Crippen molar-refractivity contribution < 1.29 is 0 Å². The van der Waals surface area contributed by atoms with Gasteiger partial charge in [-0.3, -0.25) is 4.57 Å². The molecule has 0 aliphatic heterocycles. The highest BCUT2D eigenvalue weighted by molar-refractivity contribution is 6.22. The molecule has 0 fully saturated rings. The molecule has 0 amide bonds. The molecule has 4 heteroatoms. The van der Waals surface area contributed by atoms with Gasteiger partial charge in [0.05, 0.1) is 27.6 Å². The SMILES string of the molecule is c1ccc(-c2cc(-c3ccccc3)cc(-n3c4ccccc4c4ccc(-c5ccc6ccc7c(c6c5)c5ccccc5n7-c5ncc6ccccc6n5)cc43)c2)cc1. The van der Waals surface area contributed by atoms with Crippen LogP contribution in [-0.2, 0) is 0 Å². The highest BCUT2D eigenvalue weighted by Gasteiger charge is 2.19. The van der Waals surface area contributed by atoms with Crippen LogP contribution in [-0.4, -0.2) is 19.1 Å². The lowest BCUT2D eigenvalue weighted by Crippen LogP contribution is -2.00. The fraction of sp³-hybridized carbons (Fsp3) is 0. The first-order valence-electron chi connectivity index (χ1n) is 19.7. The van der Waals surface area contributed by atoms with Crippen molar-refractivity contribution in [1.29, 1.82) is 0 Å². The molecule has 0 bridgehead atoms. The van der Waals surface area contributed by atoms with Gasteiger partial charge in [-0.25, -0.2) is 9.97 Å². The van der Waals surface area contributed by atoms with Crippen LogP contribution in [0.25, 0.3) is 110 Å². The molecule has 9 aromatic carbocycles. The summed E-state index contributed by atoms with van der Waals surface area (Å²) >= 11 is 0. The Balaban J connectivity index is 1.08. The predicted octanol–water partition coefficient (Wildman–Crippen LogP) is 14.0. The van der Waals surface area contributed by atoms with Gasteiger partial charge >= 0.3 is 0 Å². The van der Waals surface area contributed by atoms with Crippen molar-refractivity contribution in [3.05, 3.63) is 206 Å². The molecular weight excluding hydrogens is 705 g/mol. The summed E-state index contributed by atoms with van der Waals surface area (Å²) in [7, 11) is 0. The summed E-state index contributed by atoms with van der Waals surface area (Å²) in [5.74, 6) is 0.672. The van der Waals surface area contributed by atoms with Gasteiger partial charge < -0.3 is 4.57 Å². The molecule has 12 aromatic rings. The van der Waals surface area contributed by atoms with Crippen molar-refractivity contribution in [3.8, 4) is 45.0 Å². The molecule has 0 N–H and O–H groups in total. The largest absolute Gasteiger partial charge is 0.309 e. The first kappa shape index (κ1) is 32.4. The van der Waals surface area contributed by atoms with E-state index in [0.717, 1.165) is 27.6 Å². The van der Waals surface area contributed by atoms with E-state index in [-0.39, 0.29) is 0 Å². The summed E-state index contributed by atoms with van der Waals surface area (Å²) in [5, 5.41) is 8.27. The Bertz CT molecular complexity index is 3500. The molecule has 12 rings (SSSR count). The van der Waals surface area contributed by atoms with Crippen molar-refractivity contribution >= 4 is 65.3 Å². The minimum Gasteiger partial charge on any atom is -0.309 e. The molecule has 0 spiro atoms. The maximum Gasteiger partial charge on any atom is 0.235 e. The van der Waals surface area contributed by atoms with Crippen molar-refractivity contribution in [1.82, 2.24) is 19.1 Å². The van der Waals surface area contributed by atoms with Gasteiger partial charge in [-0.15, -0.1) is 0 Å². The summed E-state index contributed by atoms with van der Waals surface area (Å²) in [6.07, 6.45) is 1.92. The van der Waals surface area contributed by atoms with E-state index in [1.807, 2.05) is 18.3 Å². The van der Waals surface area contributed by atoms with Crippen LogP contribution >= 0.6 is 0 Å². The summed E-state index contributed by atoms with van der Waals surface area (Å²) in [6, 6.07) is 72.2. The topological polar surface area (TPSA) is 35.6 Å². The highest BCUT2D eigenvalue weighted by atomic mass is 15.2. The smallest absolute Gasteiger partial charge is 0.235 e. The molecule has 270 valence electrons. The van der Waals surface area contributed by atoms with E-state index in [2.05, 4.69) is 197 Å². The van der Waals surface area contributed by atoms with Gasteiger partial charge in [0.2, 0.25) is 5.95 Å². The maximum absolute atomic E-state index is 5.04. The number of hydrogen-bond acceptors (Lipinski definition) is 2. The van der Waals surface area contributed by atoms with E-state index in [1.54, 1.807) is 0 Å². The number of benzene rings is 9. The third kappa shape index (κ3) is 5.09. The predicted molar refractivity (Wildman–Crippen MR) is 242 cm³/mol. The van der Waals surface area contributed by atoms with Gasteiger partial charge in [0, 0.05) is 38.8 Å². The average Bonchev–Trinajstić information content (AvgIpc) is 3.82. The van der Waals surface area contributed by atoms with Crippen LogP contribution in [0.4, 0.5) is 0 Å². The average molecular weight is 739 g/mol. The maximum atomic E-state index is 5.04. The molecule has 0 aliphatic carbocycles. The zero-order valence-electron chi connectivity index (χ0n) is 31.4. The second kappa shape index (κ2) is 12.9. The van der Waals surface area contributed by atoms with Crippen LogP contribution in [0.3, 0.4) is 0 Å². The van der Waals surface area contributed by atoms with Crippen molar-refractivity contribution in [2.45, 2.75) is 0 Å². The third-order valence-corrected chi connectivity index (χ3v) is 11.7. The molecule has 0 aliphatic rings. The number of nitrogens with zero attached hydrogens (tertiary/aromatic N) is 4. The lowest BCUT2D eigenvalue weighted by atomic mass is 9.97. The van der Waals surface area contributed by atoms with E-state index in [9.17, 15) is 0 Å². The van der Waals surface area contributed by atoms with E-state index in [1.165, 1.54) is 76.7 Å². The summed E-state index contributed by atoms with van der Waals surface area (Å²) in [4.78, 5) is 9.91. The molecule has 3 aromatic heterocycles. The van der Waals surface area contributed by atoms with Crippen LogP contribution in [0.1, 0.15) is 0 Å². The fourth-order valence-electron chi connectivity index (χ4n) is 9.02. The highest BCUT2D eigenvalue weighted by Crippen LogP contribution is 2.41. The van der Waals surface area contributed by atoms with Gasteiger partial charge in [0.15, 0.2) is 0 Å². The molecule has 3 heterocycles. The Labute approximate surface area is 334 Å². The molecule has 0 unspecified atom stereocenters. The van der Waals surface area contributed by atoms with Gasteiger partial charge in [0.1, 0.15) is 0 Å². The number of rotatable bonds is 5. The van der Waals surface area contributed by atoms with Crippen LogP contribution in [0.2, 0.25) is 0 Å². The zero-order valence-corrected chi connectivity index (χ0v) is 31.4. The monoisotopic (exact) mass is 738 g/mol. The number of para-hydroxylation sites is 3. The number of aromatic nitrogens is 4. The summed E-state index contributed by atoms with van der Waals surface area (Å²) in [5.41, 5.74) is 13.7. The van der Waals surface area contributed by atoms with Crippen molar-refractivity contribution in [2.75, 3.05) is 0 Å². The fourth-order valence-corrected chi connectivity index (χ4v) is 9.02. The lowest BCUT2D eigenvalue weighted by Gasteiger charge is -2.14. The van der Waals surface area contributed by atoms with Gasteiger partial charge in [-0.2, -0.15) is 0 Å². The summed E-state index contributed by atoms with van der Waals surface area (Å²) < 4.78 is 4.66. The Morgan fingerprint density at radius 2 is 0.931 bits per heavy atom. The lowest BCUT2D eigenvalue weighted by molar-refractivity contribution is 1.01. The van der Waals surface area contributed by atoms with Gasteiger partial charge in [-0.1, -0.05) is 146 Å². The van der Waals surface area contributed by atoms with E-state index < -0.39 is 0 Å². The molecule has 0 radical (unpaired) electrons. The van der Waals surface area contributed by atoms with E-state index in [0.29, 0.717) is 5.95 Å². The van der Waals surface area contributed by atoms with Gasteiger partial charge in [0.25, 0.3) is 0 Å². The molecule has 0 atom stereocenters. The summed E-state index contributed by atoms with van der Waals surface area (Å²) in [6.45, 7) is 0. The second-order valence-corrected chi connectivity index (χ2v) is 15.1. The molecule has 0 saturated carbocycles. The molecular formula is C54H34N4. The first-order chi connectivity index (χ1) is 28.7. The Kier molecular flexibility index (Phi) is 7.20. The van der Waals surface area contributed by atoms with E-state index >= 15 is 0 Å². The van der Waals surface area contributed by atoms with Crippen LogP contribution < -0.4 is 0 Å². The molecule has 58 heavy (non-hydrogen) atoms. The second-order valence-electron chi connectivity index (χ2n) is 15.1. The van der Waals surface area contributed by atoms with Crippen LogP contribution in [0.5, 0.6) is 0 Å². The van der Waals surface area contributed by atoms with E-state index in [4.69, 9.17) is 9.97 Å². The normalized spacial score (nSPS) is 11.8. The Morgan fingerprint density at radius 3 is 1.71 bits per heavy atom. The molecule has 0 saturated heterocycles. The Morgan fingerprint density at radius 1 is 0.328 bits per heavy atom. The van der Waals surface area contributed by atoms with Crippen molar-refractivity contribution in [2.24, 2.45) is 0 Å². The minimum absolute atomic E-state index is 0.672. The standard InChI is InChI=1S/C54H34N4/c1-3-13-35(14-4-1)41-29-42(36-15-5-2-6-16-36)31-43(30-41)57-49-21-11-8-18-44(49)45-27-25-39(33-52(45)57)38-24-23-37-26-28-51-53(47(37)32-38)46-19-9-12-22-50(46)58(51)54-55-34-40-17-7-10-20-48(40)56-54/h1-34H. The van der Waals surface area contributed by atoms with Gasteiger partial charge in [-0.05, 0) is 98.8 Å². The van der Waals surface area contributed by atoms with Crippen LogP contribution in [0, 0.1) is 0 Å². The number of hydrogen-bond donors (Lipinski definition) is 0. The zero-order chi connectivity index (χ0) is 38.2. The molecule has 4 nitrogen and oxygen atoms in total. The van der Waals surface area contributed by atoms with Crippen molar-refractivity contribution in [3.63, 3.8) is 0 Å². The minimum atomic E-state index is 0.672. The first-order valence-corrected chi connectivity index (χ1v) is 19.7. The Hall–Kier alpha value is -7.82. The quantitative estimate of drug-likeness (QED) is 0.176. The van der Waals surface area contributed by atoms with Crippen LogP contribution in [0.15, 0.2) is 206 Å². The third-order valence-electron chi connectivity index (χ3n) is 11.7. The number of fused-ring (bicyclic) bond motifs is 9.